The maximum absolute atomic E-state index is 12.3. The van der Waals surface area contributed by atoms with E-state index in [1.165, 1.54) is 12.1 Å². The molecule has 1 heterocycles. The summed E-state index contributed by atoms with van der Waals surface area (Å²) < 4.78 is 41.7. The Balaban J connectivity index is 2.11. The van der Waals surface area contributed by atoms with Crippen molar-refractivity contribution in [3.63, 3.8) is 0 Å². The molecule has 0 spiro atoms. The minimum absolute atomic E-state index is 0.0805. The molecule has 7 heteroatoms. The topological polar surface area (TPSA) is 59.2 Å². The lowest BCUT2D eigenvalue weighted by molar-refractivity contribution is -0.137. The number of hydrogen-bond acceptors (Lipinski definition) is 4. The summed E-state index contributed by atoms with van der Waals surface area (Å²) in [4.78, 5) is 3.85. The van der Waals surface area contributed by atoms with Crippen molar-refractivity contribution in [2.75, 3.05) is 0 Å². The molecule has 0 radical (unpaired) electrons. The summed E-state index contributed by atoms with van der Waals surface area (Å²) >= 11 is 0. The fourth-order valence-electron chi connectivity index (χ4n) is 1.42. The zero-order valence-electron chi connectivity index (χ0n) is 9.11. The molecule has 2 aromatic rings. The third kappa shape index (κ3) is 2.86. The molecule has 0 atom stereocenters. The monoisotopic (exact) mass is 258 g/mol. The van der Waals surface area contributed by atoms with Gasteiger partial charge in [-0.05, 0) is 17.7 Å². The number of rotatable bonds is 3. The molecule has 0 saturated carbocycles. The predicted molar refractivity (Wildman–Crippen MR) is 54.5 cm³/mol. The van der Waals surface area contributed by atoms with E-state index in [1.807, 2.05) is 0 Å². The maximum atomic E-state index is 12.3. The Bertz CT molecular complexity index is 520. The minimum atomic E-state index is -4.34. The van der Waals surface area contributed by atoms with Crippen LogP contribution < -0.4 is 0 Å². The van der Waals surface area contributed by atoms with Crippen molar-refractivity contribution in [3.8, 4) is 0 Å². The number of halogens is 3. The molecule has 0 bridgehead atoms. The molecular formula is C11H9F3N2O2. The van der Waals surface area contributed by atoms with Crippen LogP contribution in [0.15, 0.2) is 28.8 Å². The van der Waals surface area contributed by atoms with Crippen LogP contribution in [0, 0.1) is 0 Å². The van der Waals surface area contributed by atoms with Gasteiger partial charge in [0, 0.05) is 6.42 Å². The normalized spacial score (nSPS) is 11.8. The lowest BCUT2D eigenvalue weighted by Gasteiger charge is -2.06. The molecule has 0 fully saturated rings. The van der Waals surface area contributed by atoms with Crippen LogP contribution in [0.5, 0.6) is 0 Å². The molecule has 0 aliphatic carbocycles. The number of hydrogen-bond donors (Lipinski definition) is 1. The van der Waals surface area contributed by atoms with Crippen molar-refractivity contribution in [2.45, 2.75) is 19.2 Å². The number of benzene rings is 1. The molecule has 1 aromatic carbocycles. The average Bonchev–Trinajstić information content (AvgIpc) is 2.76. The first kappa shape index (κ1) is 12.6. The molecule has 1 aromatic heterocycles. The van der Waals surface area contributed by atoms with Crippen molar-refractivity contribution < 1.29 is 22.8 Å². The average molecular weight is 258 g/mol. The van der Waals surface area contributed by atoms with Crippen molar-refractivity contribution >= 4 is 0 Å². The highest BCUT2D eigenvalue weighted by Crippen LogP contribution is 2.29. The summed E-state index contributed by atoms with van der Waals surface area (Å²) in [5.41, 5.74) is -0.0660. The van der Waals surface area contributed by atoms with Crippen molar-refractivity contribution in [1.82, 2.24) is 10.1 Å². The van der Waals surface area contributed by atoms with Gasteiger partial charge in [0.1, 0.15) is 6.61 Å². The zero-order valence-corrected chi connectivity index (χ0v) is 9.11. The fraction of sp³-hybridized carbons (Fsp3) is 0.273. The van der Waals surface area contributed by atoms with E-state index in [4.69, 9.17) is 5.11 Å². The highest BCUT2D eigenvalue weighted by molar-refractivity contribution is 5.26. The van der Waals surface area contributed by atoms with E-state index in [0.717, 1.165) is 12.1 Å². The molecule has 0 aliphatic rings. The number of alkyl halides is 3. The molecular weight excluding hydrogens is 249 g/mol. The van der Waals surface area contributed by atoms with Gasteiger partial charge in [-0.1, -0.05) is 17.3 Å². The van der Waals surface area contributed by atoms with Gasteiger partial charge in [-0.2, -0.15) is 18.2 Å². The van der Waals surface area contributed by atoms with Crippen LogP contribution >= 0.6 is 0 Å². The summed E-state index contributed by atoms with van der Waals surface area (Å²) in [7, 11) is 0. The summed E-state index contributed by atoms with van der Waals surface area (Å²) in [5.74, 6) is 0.399. The summed E-state index contributed by atoms with van der Waals surface area (Å²) in [5, 5.41) is 12.3. The Morgan fingerprint density at radius 1 is 1.17 bits per heavy atom. The molecule has 0 aliphatic heterocycles. The van der Waals surface area contributed by atoms with Gasteiger partial charge in [0.2, 0.25) is 0 Å². The second kappa shape index (κ2) is 4.77. The van der Waals surface area contributed by atoms with Crippen LogP contribution in [0.25, 0.3) is 0 Å². The van der Waals surface area contributed by atoms with Crippen LogP contribution in [0.3, 0.4) is 0 Å². The van der Waals surface area contributed by atoms with Crippen molar-refractivity contribution in [2.24, 2.45) is 0 Å². The Morgan fingerprint density at radius 3 is 2.33 bits per heavy atom. The standard InChI is InChI=1S/C11H9F3N2O2/c12-11(13,14)8-3-1-7(2-4-8)5-9-15-10(6-17)18-16-9/h1-4,17H,5-6H2. The van der Waals surface area contributed by atoms with Crippen LogP contribution in [0.1, 0.15) is 22.8 Å². The SMILES string of the molecule is OCc1nc(Cc2ccc(C(F)(F)F)cc2)no1. The van der Waals surface area contributed by atoms with Gasteiger partial charge in [-0.15, -0.1) is 0 Å². The largest absolute Gasteiger partial charge is 0.416 e. The molecule has 96 valence electrons. The number of aromatic nitrogens is 2. The van der Waals surface area contributed by atoms with E-state index in [9.17, 15) is 13.2 Å². The second-order valence-corrected chi connectivity index (χ2v) is 3.63. The Morgan fingerprint density at radius 2 is 1.83 bits per heavy atom. The van der Waals surface area contributed by atoms with Gasteiger partial charge < -0.3 is 9.63 Å². The zero-order chi connectivity index (χ0) is 13.2. The van der Waals surface area contributed by atoms with E-state index in [-0.39, 0.29) is 18.9 Å². The van der Waals surface area contributed by atoms with Crippen LogP contribution in [0.2, 0.25) is 0 Å². The third-order valence-electron chi connectivity index (χ3n) is 2.29. The first-order valence-electron chi connectivity index (χ1n) is 5.07. The Labute approximate surface area is 100 Å². The fourth-order valence-corrected chi connectivity index (χ4v) is 1.42. The molecule has 0 amide bonds. The number of aliphatic hydroxyl groups excluding tert-OH is 1. The summed E-state index contributed by atoms with van der Waals surface area (Å²) in [6, 6.07) is 4.72. The van der Waals surface area contributed by atoms with Crippen LogP contribution in [-0.4, -0.2) is 15.2 Å². The number of aliphatic hydroxyl groups is 1. The van der Waals surface area contributed by atoms with E-state index in [1.54, 1.807) is 0 Å². The quantitative estimate of drug-likeness (QED) is 0.916. The van der Waals surface area contributed by atoms with Crippen molar-refractivity contribution in [1.29, 1.82) is 0 Å². The van der Waals surface area contributed by atoms with Crippen molar-refractivity contribution in [3.05, 3.63) is 47.1 Å². The molecule has 4 nitrogen and oxygen atoms in total. The summed E-state index contributed by atoms with van der Waals surface area (Å²) in [6.45, 7) is -0.361. The Hall–Kier alpha value is -1.89. The first-order valence-corrected chi connectivity index (χ1v) is 5.07. The maximum Gasteiger partial charge on any atom is 0.416 e. The van der Waals surface area contributed by atoms with E-state index >= 15 is 0 Å². The van der Waals surface area contributed by atoms with Crippen LogP contribution in [-0.2, 0) is 19.2 Å². The third-order valence-corrected chi connectivity index (χ3v) is 2.29. The van der Waals surface area contributed by atoms with Gasteiger partial charge in [-0.25, -0.2) is 0 Å². The highest BCUT2D eigenvalue weighted by atomic mass is 19.4. The van der Waals surface area contributed by atoms with Gasteiger partial charge >= 0.3 is 6.18 Å². The first-order chi connectivity index (χ1) is 8.49. The number of nitrogens with zero attached hydrogens (tertiary/aromatic N) is 2. The molecule has 18 heavy (non-hydrogen) atoms. The molecule has 1 N–H and O–H groups in total. The lowest BCUT2D eigenvalue weighted by atomic mass is 10.1. The minimum Gasteiger partial charge on any atom is -0.387 e. The summed E-state index contributed by atoms with van der Waals surface area (Å²) in [6.07, 6.45) is -4.09. The smallest absolute Gasteiger partial charge is 0.387 e. The molecule has 2 rings (SSSR count). The van der Waals surface area contributed by atoms with Gasteiger partial charge in [0.05, 0.1) is 5.56 Å². The van der Waals surface area contributed by atoms with E-state index < -0.39 is 11.7 Å². The Kier molecular flexibility index (Phi) is 3.33. The molecule has 0 unspecified atom stereocenters. The van der Waals surface area contributed by atoms with Gasteiger partial charge in [-0.3, -0.25) is 0 Å². The molecule has 0 saturated heterocycles. The van der Waals surface area contributed by atoms with Crippen LogP contribution in [0.4, 0.5) is 13.2 Å². The van der Waals surface area contributed by atoms with Gasteiger partial charge in [0.15, 0.2) is 5.82 Å². The van der Waals surface area contributed by atoms with E-state index in [2.05, 4.69) is 14.7 Å². The second-order valence-electron chi connectivity index (χ2n) is 3.63. The predicted octanol–water partition coefficient (Wildman–Crippen LogP) is 2.17. The van der Waals surface area contributed by atoms with E-state index in [0.29, 0.717) is 11.4 Å². The van der Waals surface area contributed by atoms with Gasteiger partial charge in [0.25, 0.3) is 5.89 Å². The lowest BCUT2D eigenvalue weighted by Crippen LogP contribution is -2.04. The highest BCUT2D eigenvalue weighted by Gasteiger charge is 2.29.